The Bertz CT molecular complexity index is 361. The molecule has 1 aliphatic carbocycles. The molecule has 0 bridgehead atoms. The van der Waals surface area contributed by atoms with Crippen molar-refractivity contribution in [2.24, 2.45) is 5.92 Å². The van der Waals surface area contributed by atoms with Gasteiger partial charge >= 0.3 is 0 Å². The summed E-state index contributed by atoms with van der Waals surface area (Å²) in [6.45, 7) is 4.19. The second kappa shape index (κ2) is 5.67. The van der Waals surface area contributed by atoms with Crippen molar-refractivity contribution in [3.8, 4) is 0 Å². The second-order valence-electron chi connectivity index (χ2n) is 4.99. The maximum absolute atomic E-state index is 5.95. The second-order valence-corrected chi connectivity index (χ2v) is 5.38. The van der Waals surface area contributed by atoms with Crippen molar-refractivity contribution in [1.82, 2.24) is 9.97 Å². The number of halogens is 1. The van der Waals surface area contributed by atoms with E-state index in [-0.39, 0.29) is 0 Å². The Balaban J connectivity index is 2.07. The van der Waals surface area contributed by atoms with Gasteiger partial charge in [-0.25, -0.2) is 9.97 Å². The van der Waals surface area contributed by atoms with Crippen molar-refractivity contribution in [3.05, 3.63) is 17.0 Å². The van der Waals surface area contributed by atoms with Gasteiger partial charge in [-0.2, -0.15) is 0 Å². The molecule has 1 aromatic rings. The van der Waals surface area contributed by atoms with E-state index < -0.39 is 0 Å². The van der Waals surface area contributed by atoms with Gasteiger partial charge in [0, 0.05) is 12.1 Å². The minimum absolute atomic E-state index is 0.515. The van der Waals surface area contributed by atoms with Crippen molar-refractivity contribution >= 4 is 17.4 Å². The first-order valence-corrected chi connectivity index (χ1v) is 6.80. The quantitative estimate of drug-likeness (QED) is 0.643. The monoisotopic (exact) mass is 253 g/mol. The largest absolute Gasteiger partial charge is 0.367 e. The van der Waals surface area contributed by atoms with Crippen LogP contribution in [0.4, 0.5) is 5.82 Å². The highest BCUT2D eigenvalue weighted by atomic mass is 35.5. The van der Waals surface area contributed by atoms with Crippen LogP contribution in [0.2, 0.25) is 5.15 Å². The summed E-state index contributed by atoms with van der Waals surface area (Å²) in [6.07, 6.45) is 6.53. The van der Waals surface area contributed by atoms with E-state index in [1.165, 1.54) is 32.1 Å². The minimum atomic E-state index is 0.515. The van der Waals surface area contributed by atoms with Gasteiger partial charge in [0.15, 0.2) is 0 Å². The lowest BCUT2D eigenvalue weighted by Crippen LogP contribution is -2.26. The fourth-order valence-corrected chi connectivity index (χ4v) is 2.73. The van der Waals surface area contributed by atoms with E-state index in [4.69, 9.17) is 11.6 Å². The molecule has 2 atom stereocenters. The zero-order valence-electron chi connectivity index (χ0n) is 10.5. The molecule has 1 N–H and O–H groups in total. The first kappa shape index (κ1) is 12.6. The molecule has 1 aromatic heterocycles. The lowest BCUT2D eigenvalue weighted by molar-refractivity contribution is 0.455. The van der Waals surface area contributed by atoms with Gasteiger partial charge in [0.25, 0.3) is 0 Å². The molecule has 1 heterocycles. The van der Waals surface area contributed by atoms with E-state index in [2.05, 4.69) is 22.2 Å². The van der Waals surface area contributed by atoms with E-state index in [0.29, 0.717) is 17.1 Å². The molecule has 1 fully saturated rings. The third-order valence-corrected chi connectivity index (χ3v) is 3.70. The SMILES string of the molecule is Cc1nc(Cl)cc(NC2CCCCCC2C)n1. The summed E-state index contributed by atoms with van der Waals surface area (Å²) in [7, 11) is 0. The van der Waals surface area contributed by atoms with Crippen LogP contribution in [-0.4, -0.2) is 16.0 Å². The summed E-state index contributed by atoms with van der Waals surface area (Å²) in [5.74, 6) is 2.29. The number of hydrogen-bond donors (Lipinski definition) is 1. The van der Waals surface area contributed by atoms with Crippen LogP contribution in [0.1, 0.15) is 44.9 Å². The van der Waals surface area contributed by atoms with Gasteiger partial charge in [-0.1, -0.05) is 37.8 Å². The summed E-state index contributed by atoms with van der Waals surface area (Å²) in [5, 5.41) is 4.03. The van der Waals surface area contributed by atoms with Crippen LogP contribution in [0.5, 0.6) is 0 Å². The number of nitrogens with zero attached hydrogens (tertiary/aromatic N) is 2. The Morgan fingerprint density at radius 3 is 2.76 bits per heavy atom. The predicted octanol–water partition coefficient (Wildman–Crippen LogP) is 3.82. The third-order valence-electron chi connectivity index (χ3n) is 3.50. The lowest BCUT2D eigenvalue weighted by Gasteiger charge is -2.23. The van der Waals surface area contributed by atoms with Crippen LogP contribution in [-0.2, 0) is 0 Å². The number of anilines is 1. The standard InChI is InChI=1S/C13H20ClN3/c1-9-6-4-3-5-7-11(9)17-13-8-12(14)15-10(2)16-13/h8-9,11H,3-7H2,1-2H3,(H,15,16,17). The normalized spacial score (nSPS) is 25.4. The van der Waals surface area contributed by atoms with Crippen LogP contribution in [0.15, 0.2) is 6.07 Å². The molecular formula is C13H20ClN3. The average molecular weight is 254 g/mol. The Hall–Kier alpha value is -0.830. The Kier molecular flexibility index (Phi) is 4.21. The van der Waals surface area contributed by atoms with Crippen LogP contribution >= 0.6 is 11.6 Å². The lowest BCUT2D eigenvalue weighted by atomic mass is 9.97. The zero-order valence-corrected chi connectivity index (χ0v) is 11.3. The molecule has 0 aliphatic heterocycles. The highest BCUT2D eigenvalue weighted by molar-refractivity contribution is 6.29. The summed E-state index contributed by atoms with van der Waals surface area (Å²) in [4.78, 5) is 8.47. The molecule has 2 rings (SSSR count). The summed E-state index contributed by atoms with van der Waals surface area (Å²) in [6, 6.07) is 2.33. The van der Waals surface area contributed by atoms with Gasteiger partial charge in [-0.15, -0.1) is 0 Å². The van der Waals surface area contributed by atoms with E-state index in [1.807, 2.05) is 13.0 Å². The van der Waals surface area contributed by atoms with Gasteiger partial charge in [-0.3, -0.25) is 0 Å². The third kappa shape index (κ3) is 3.56. The summed E-state index contributed by atoms with van der Waals surface area (Å²) in [5.41, 5.74) is 0. The molecular weight excluding hydrogens is 234 g/mol. The molecule has 4 heteroatoms. The van der Waals surface area contributed by atoms with E-state index in [1.54, 1.807) is 0 Å². The Morgan fingerprint density at radius 2 is 2.00 bits per heavy atom. The average Bonchev–Trinajstić information content (AvgIpc) is 2.43. The minimum Gasteiger partial charge on any atom is -0.367 e. The molecule has 0 spiro atoms. The van der Waals surface area contributed by atoms with Crippen LogP contribution in [0, 0.1) is 12.8 Å². The number of rotatable bonds is 2. The van der Waals surface area contributed by atoms with Crippen molar-refractivity contribution in [2.45, 2.75) is 52.0 Å². The molecule has 3 nitrogen and oxygen atoms in total. The van der Waals surface area contributed by atoms with Crippen molar-refractivity contribution in [3.63, 3.8) is 0 Å². The molecule has 1 saturated carbocycles. The molecule has 17 heavy (non-hydrogen) atoms. The molecule has 0 amide bonds. The summed E-state index contributed by atoms with van der Waals surface area (Å²) < 4.78 is 0. The maximum atomic E-state index is 5.95. The number of aryl methyl sites for hydroxylation is 1. The van der Waals surface area contributed by atoms with Gasteiger partial charge in [0.1, 0.15) is 16.8 Å². The maximum Gasteiger partial charge on any atom is 0.134 e. The fourth-order valence-electron chi connectivity index (χ4n) is 2.50. The van der Waals surface area contributed by atoms with Gasteiger partial charge in [0.2, 0.25) is 0 Å². The van der Waals surface area contributed by atoms with Gasteiger partial charge in [-0.05, 0) is 25.7 Å². The van der Waals surface area contributed by atoms with E-state index >= 15 is 0 Å². The van der Waals surface area contributed by atoms with Gasteiger partial charge in [0.05, 0.1) is 0 Å². The number of hydrogen-bond acceptors (Lipinski definition) is 3. The molecule has 94 valence electrons. The van der Waals surface area contributed by atoms with Crippen molar-refractivity contribution in [2.75, 3.05) is 5.32 Å². The van der Waals surface area contributed by atoms with Crippen LogP contribution in [0.25, 0.3) is 0 Å². The van der Waals surface area contributed by atoms with Crippen LogP contribution in [0.3, 0.4) is 0 Å². The topological polar surface area (TPSA) is 37.8 Å². The molecule has 0 saturated heterocycles. The molecule has 1 aliphatic rings. The molecule has 0 radical (unpaired) electrons. The summed E-state index contributed by atoms with van der Waals surface area (Å²) >= 11 is 5.95. The van der Waals surface area contributed by atoms with Crippen molar-refractivity contribution in [1.29, 1.82) is 0 Å². The number of aromatic nitrogens is 2. The van der Waals surface area contributed by atoms with Crippen LogP contribution < -0.4 is 5.32 Å². The zero-order chi connectivity index (χ0) is 12.3. The first-order chi connectivity index (χ1) is 8.15. The Labute approximate surface area is 108 Å². The van der Waals surface area contributed by atoms with Gasteiger partial charge < -0.3 is 5.32 Å². The fraction of sp³-hybridized carbons (Fsp3) is 0.692. The smallest absolute Gasteiger partial charge is 0.134 e. The van der Waals surface area contributed by atoms with Crippen molar-refractivity contribution < 1.29 is 0 Å². The van der Waals surface area contributed by atoms with E-state index in [0.717, 1.165) is 11.6 Å². The molecule has 2 unspecified atom stereocenters. The predicted molar refractivity (Wildman–Crippen MR) is 71.4 cm³/mol. The number of nitrogens with one attached hydrogen (secondary N) is 1. The Morgan fingerprint density at radius 1 is 1.24 bits per heavy atom. The first-order valence-electron chi connectivity index (χ1n) is 6.43. The highest BCUT2D eigenvalue weighted by Gasteiger charge is 2.20. The molecule has 0 aromatic carbocycles. The highest BCUT2D eigenvalue weighted by Crippen LogP contribution is 2.25. The van der Waals surface area contributed by atoms with E-state index in [9.17, 15) is 0 Å².